The topological polar surface area (TPSA) is 38.8 Å². The van der Waals surface area contributed by atoms with Crippen molar-refractivity contribution in [3.8, 4) is 0 Å². The van der Waals surface area contributed by atoms with Crippen molar-refractivity contribution in [2.75, 3.05) is 38.1 Å². The molecule has 2 amide bonds. The van der Waals surface area contributed by atoms with Crippen molar-refractivity contribution in [1.82, 2.24) is 15.1 Å². The molecule has 166 valence electrons. The highest BCUT2D eigenvalue weighted by atomic mass is 16.2. The second-order valence-corrected chi connectivity index (χ2v) is 8.92. The molecular weight excluding hydrogens is 384 g/mol. The molecule has 0 spiro atoms. The Labute approximate surface area is 187 Å². The van der Waals surface area contributed by atoms with E-state index in [2.05, 4.69) is 70.6 Å². The van der Waals surface area contributed by atoms with Crippen LogP contribution in [0.25, 0.3) is 0 Å². The van der Waals surface area contributed by atoms with Gasteiger partial charge in [-0.05, 0) is 48.4 Å². The second-order valence-electron chi connectivity index (χ2n) is 8.92. The minimum absolute atomic E-state index is 0.00656. The summed E-state index contributed by atoms with van der Waals surface area (Å²) in [6, 6.07) is 17.6. The number of carbonyl (C=O) groups excluding carboxylic acids is 1. The number of fused-ring (bicyclic) bond motifs is 1. The van der Waals surface area contributed by atoms with Gasteiger partial charge in [-0.3, -0.25) is 4.90 Å². The van der Waals surface area contributed by atoms with E-state index < -0.39 is 0 Å². The number of nitrogens with one attached hydrogen (secondary N) is 1. The molecule has 5 heteroatoms. The van der Waals surface area contributed by atoms with Gasteiger partial charge in [-0.2, -0.15) is 0 Å². The Balaban J connectivity index is 1.32. The summed E-state index contributed by atoms with van der Waals surface area (Å²) in [5.74, 6) is 0. The summed E-state index contributed by atoms with van der Waals surface area (Å²) in [6.45, 7) is 7.80. The van der Waals surface area contributed by atoms with Crippen molar-refractivity contribution < 1.29 is 4.79 Å². The van der Waals surface area contributed by atoms with E-state index in [0.717, 1.165) is 39.0 Å². The van der Waals surface area contributed by atoms with Crippen LogP contribution < -0.4 is 10.2 Å². The Kier molecular flexibility index (Phi) is 7.13. The van der Waals surface area contributed by atoms with E-state index >= 15 is 0 Å². The average Bonchev–Trinajstić information content (AvgIpc) is 3.34. The molecule has 0 aliphatic carbocycles. The van der Waals surface area contributed by atoms with Crippen LogP contribution in [-0.2, 0) is 19.5 Å². The van der Waals surface area contributed by atoms with Crippen molar-refractivity contribution in [3.63, 3.8) is 0 Å². The zero-order chi connectivity index (χ0) is 21.6. The summed E-state index contributed by atoms with van der Waals surface area (Å²) in [5, 5.41) is 3.20. The third kappa shape index (κ3) is 5.21. The van der Waals surface area contributed by atoms with E-state index in [1.165, 1.54) is 35.2 Å². The molecular formula is C26H36N4O. The summed E-state index contributed by atoms with van der Waals surface area (Å²) in [6.07, 6.45) is 4.63. The van der Waals surface area contributed by atoms with E-state index in [-0.39, 0.29) is 6.03 Å². The second kappa shape index (κ2) is 10.2. The number of rotatable bonds is 7. The number of hydrogen-bond donors (Lipinski definition) is 1. The number of nitrogens with zero attached hydrogens (tertiary/aromatic N) is 3. The highest BCUT2D eigenvalue weighted by molar-refractivity contribution is 5.74. The number of benzene rings is 2. The predicted octanol–water partition coefficient (Wildman–Crippen LogP) is 4.27. The SMILES string of the molecule is CCC(CNC(=O)N(C)Cc1ccccc1N1CCCC1)N1CCc2ccccc2C1. The van der Waals surface area contributed by atoms with Crippen LogP contribution in [0.15, 0.2) is 48.5 Å². The molecule has 2 aliphatic rings. The molecule has 1 fully saturated rings. The molecule has 5 nitrogen and oxygen atoms in total. The van der Waals surface area contributed by atoms with Gasteiger partial charge in [0.05, 0.1) is 0 Å². The van der Waals surface area contributed by atoms with Gasteiger partial charge in [0, 0.05) is 58.0 Å². The van der Waals surface area contributed by atoms with E-state index in [0.29, 0.717) is 19.1 Å². The Morgan fingerprint density at radius 3 is 2.52 bits per heavy atom. The first-order valence-corrected chi connectivity index (χ1v) is 11.8. The zero-order valence-electron chi connectivity index (χ0n) is 19.0. The highest BCUT2D eigenvalue weighted by Gasteiger charge is 2.23. The van der Waals surface area contributed by atoms with E-state index in [9.17, 15) is 4.79 Å². The van der Waals surface area contributed by atoms with Crippen molar-refractivity contribution in [2.45, 2.75) is 51.7 Å². The van der Waals surface area contributed by atoms with E-state index in [1.54, 1.807) is 0 Å². The Morgan fingerprint density at radius 1 is 1.03 bits per heavy atom. The first-order valence-electron chi connectivity index (χ1n) is 11.8. The molecule has 1 unspecified atom stereocenters. The largest absolute Gasteiger partial charge is 0.371 e. The maximum absolute atomic E-state index is 12.9. The molecule has 2 aromatic rings. The Bertz CT molecular complexity index is 877. The average molecular weight is 421 g/mol. The van der Waals surface area contributed by atoms with Gasteiger partial charge in [-0.1, -0.05) is 49.4 Å². The lowest BCUT2D eigenvalue weighted by atomic mass is 9.98. The summed E-state index contributed by atoms with van der Waals surface area (Å²) < 4.78 is 0. The number of carbonyl (C=O) groups is 1. The maximum Gasteiger partial charge on any atom is 0.317 e. The normalized spacial score (nSPS) is 17.3. The quantitative estimate of drug-likeness (QED) is 0.727. The predicted molar refractivity (Wildman–Crippen MR) is 127 cm³/mol. The van der Waals surface area contributed by atoms with Crippen molar-refractivity contribution in [1.29, 1.82) is 0 Å². The molecule has 1 atom stereocenters. The van der Waals surface area contributed by atoms with Gasteiger partial charge in [0.15, 0.2) is 0 Å². The van der Waals surface area contributed by atoms with Gasteiger partial charge >= 0.3 is 6.03 Å². The summed E-state index contributed by atoms with van der Waals surface area (Å²) in [5.41, 5.74) is 5.39. The van der Waals surface area contributed by atoms with E-state index in [1.807, 2.05) is 11.9 Å². The lowest BCUT2D eigenvalue weighted by molar-refractivity contribution is 0.163. The van der Waals surface area contributed by atoms with Crippen LogP contribution in [0.2, 0.25) is 0 Å². The molecule has 4 rings (SSSR count). The third-order valence-electron chi connectivity index (χ3n) is 6.83. The third-order valence-corrected chi connectivity index (χ3v) is 6.83. The maximum atomic E-state index is 12.9. The molecule has 1 saturated heterocycles. The lowest BCUT2D eigenvalue weighted by Crippen LogP contribution is -2.48. The Morgan fingerprint density at radius 2 is 1.74 bits per heavy atom. The number of hydrogen-bond acceptors (Lipinski definition) is 3. The first-order chi connectivity index (χ1) is 15.2. The first kappa shape index (κ1) is 21.7. The van der Waals surface area contributed by atoms with Crippen LogP contribution >= 0.6 is 0 Å². The number of para-hydroxylation sites is 1. The molecule has 1 N–H and O–H groups in total. The molecule has 0 radical (unpaired) electrons. The van der Waals surface area contributed by atoms with E-state index in [4.69, 9.17) is 0 Å². The van der Waals surface area contributed by atoms with Crippen LogP contribution in [0.4, 0.5) is 10.5 Å². The summed E-state index contributed by atoms with van der Waals surface area (Å²) >= 11 is 0. The van der Waals surface area contributed by atoms with Gasteiger partial charge < -0.3 is 15.1 Å². The fourth-order valence-corrected chi connectivity index (χ4v) is 4.94. The zero-order valence-corrected chi connectivity index (χ0v) is 19.0. The minimum Gasteiger partial charge on any atom is -0.371 e. The summed E-state index contributed by atoms with van der Waals surface area (Å²) in [7, 11) is 1.90. The summed E-state index contributed by atoms with van der Waals surface area (Å²) in [4.78, 5) is 19.6. The van der Waals surface area contributed by atoms with Crippen LogP contribution in [0.1, 0.15) is 42.9 Å². The molecule has 0 bridgehead atoms. The van der Waals surface area contributed by atoms with Gasteiger partial charge in [-0.25, -0.2) is 4.79 Å². The number of amides is 2. The molecule has 2 aromatic carbocycles. The van der Waals surface area contributed by atoms with Crippen molar-refractivity contribution >= 4 is 11.7 Å². The lowest BCUT2D eigenvalue weighted by Gasteiger charge is -2.35. The molecule has 2 heterocycles. The standard InChI is InChI=1S/C26H36N4O/c1-3-24(30-17-14-21-10-4-5-11-22(21)20-30)18-27-26(31)28(2)19-23-12-6-7-13-25(23)29-15-8-9-16-29/h4-7,10-13,24H,3,8-9,14-20H2,1-2H3,(H,27,31). The van der Waals surface area contributed by atoms with Gasteiger partial charge in [0.1, 0.15) is 0 Å². The monoisotopic (exact) mass is 420 g/mol. The van der Waals surface area contributed by atoms with Crippen molar-refractivity contribution in [3.05, 3.63) is 65.2 Å². The van der Waals surface area contributed by atoms with Gasteiger partial charge in [0.2, 0.25) is 0 Å². The van der Waals surface area contributed by atoms with Gasteiger partial charge in [-0.15, -0.1) is 0 Å². The van der Waals surface area contributed by atoms with Crippen LogP contribution in [-0.4, -0.2) is 55.1 Å². The molecule has 0 aromatic heterocycles. The number of anilines is 1. The van der Waals surface area contributed by atoms with Crippen LogP contribution in [0.3, 0.4) is 0 Å². The number of urea groups is 1. The highest BCUT2D eigenvalue weighted by Crippen LogP contribution is 2.25. The Hall–Kier alpha value is -2.53. The molecule has 2 aliphatic heterocycles. The van der Waals surface area contributed by atoms with Crippen LogP contribution in [0, 0.1) is 0 Å². The van der Waals surface area contributed by atoms with Crippen LogP contribution in [0.5, 0.6) is 0 Å². The minimum atomic E-state index is 0.00656. The molecule has 0 saturated carbocycles. The van der Waals surface area contributed by atoms with Crippen molar-refractivity contribution in [2.24, 2.45) is 0 Å². The van der Waals surface area contributed by atoms with Gasteiger partial charge in [0.25, 0.3) is 0 Å². The fourth-order valence-electron chi connectivity index (χ4n) is 4.94. The smallest absolute Gasteiger partial charge is 0.317 e. The molecule has 31 heavy (non-hydrogen) atoms. The fraction of sp³-hybridized carbons (Fsp3) is 0.500.